The maximum atomic E-state index is 14.9. The van der Waals surface area contributed by atoms with Gasteiger partial charge in [-0.25, -0.2) is 22.9 Å². The van der Waals surface area contributed by atoms with Gasteiger partial charge in [-0.1, -0.05) is 0 Å². The molecule has 182 valence electrons. The lowest BCUT2D eigenvalue weighted by Gasteiger charge is -2.43. The number of halogens is 3. The van der Waals surface area contributed by atoms with Gasteiger partial charge in [-0.15, -0.1) is 0 Å². The van der Waals surface area contributed by atoms with Crippen LogP contribution in [0.25, 0.3) is 0 Å². The van der Waals surface area contributed by atoms with Gasteiger partial charge in [0.25, 0.3) is 5.91 Å². The number of aromatic nitrogens is 2. The summed E-state index contributed by atoms with van der Waals surface area (Å²) in [5.74, 6) is -1.54. The lowest BCUT2D eigenvalue weighted by atomic mass is 9.96. The van der Waals surface area contributed by atoms with Crippen LogP contribution < -0.4 is 15.8 Å². The first-order valence-corrected chi connectivity index (χ1v) is 12.1. The van der Waals surface area contributed by atoms with Crippen LogP contribution in [0.4, 0.5) is 19.0 Å². The van der Waals surface area contributed by atoms with Crippen LogP contribution in [0.2, 0.25) is 0 Å². The van der Waals surface area contributed by atoms with Crippen molar-refractivity contribution in [1.29, 1.82) is 0 Å². The normalized spacial score (nSPS) is 28.5. The van der Waals surface area contributed by atoms with E-state index in [0.29, 0.717) is 13.0 Å². The number of hydrogen-bond donors (Lipinski definition) is 2. The fourth-order valence-electron chi connectivity index (χ4n) is 4.10. The van der Waals surface area contributed by atoms with E-state index in [2.05, 4.69) is 29.4 Å². The highest BCUT2D eigenvalue weighted by Gasteiger charge is 2.51. The van der Waals surface area contributed by atoms with Crippen LogP contribution in [-0.4, -0.2) is 49.6 Å². The van der Waals surface area contributed by atoms with Gasteiger partial charge >= 0.3 is 6.61 Å². The van der Waals surface area contributed by atoms with Crippen LogP contribution in [0.5, 0.6) is 5.75 Å². The number of carbonyl (C=O) groups excluding carboxylic acids is 1. The van der Waals surface area contributed by atoms with Gasteiger partial charge in [-0.3, -0.25) is 9.79 Å². The van der Waals surface area contributed by atoms with Gasteiger partial charge in [0.1, 0.15) is 44.9 Å². The quantitative estimate of drug-likeness (QED) is 0.654. The lowest BCUT2D eigenvalue weighted by molar-refractivity contribution is -0.0500. The van der Waals surface area contributed by atoms with Crippen molar-refractivity contribution >= 4 is 27.3 Å². The maximum Gasteiger partial charge on any atom is 0.387 e. The average molecular weight is 497 g/mol. The third kappa shape index (κ3) is 4.19. The van der Waals surface area contributed by atoms with Crippen molar-refractivity contribution in [3.63, 3.8) is 0 Å². The Kier molecular flexibility index (Phi) is 6.00. The Morgan fingerprint density at radius 1 is 1.26 bits per heavy atom. The highest BCUT2D eigenvalue weighted by atomic mass is 32.2. The highest BCUT2D eigenvalue weighted by molar-refractivity contribution is 7.95. The van der Waals surface area contributed by atoms with E-state index in [1.807, 2.05) is 0 Å². The first kappa shape index (κ1) is 23.9. The van der Waals surface area contributed by atoms with Gasteiger partial charge in [0.05, 0.1) is 21.7 Å². The topological polar surface area (TPSA) is 132 Å². The number of hydrogen-bond acceptors (Lipinski definition) is 8. The molecule has 0 radical (unpaired) electrons. The van der Waals surface area contributed by atoms with E-state index in [4.69, 9.17) is 5.73 Å². The summed E-state index contributed by atoms with van der Waals surface area (Å²) < 4.78 is 60.9. The summed E-state index contributed by atoms with van der Waals surface area (Å²) in [6.07, 6.45) is 2.28. The van der Waals surface area contributed by atoms with E-state index in [0.717, 1.165) is 18.7 Å². The second-order valence-electron chi connectivity index (χ2n) is 8.48. The number of aliphatic imine (C=N–C) groups is 1. The summed E-state index contributed by atoms with van der Waals surface area (Å²) in [6, 6.07) is 4.72. The minimum absolute atomic E-state index is 0.00466. The zero-order valence-electron chi connectivity index (χ0n) is 18.4. The third-order valence-corrected chi connectivity index (χ3v) is 9.37. The molecular weight excluding hydrogens is 473 g/mol. The fraction of sp³-hybridized carbons (Fsp3) is 0.429. The van der Waals surface area contributed by atoms with Crippen molar-refractivity contribution in [2.75, 3.05) is 17.6 Å². The number of ether oxygens (including phenoxy) is 1. The molecular formula is C21H23F3N6O3S. The summed E-state index contributed by atoms with van der Waals surface area (Å²) in [5.41, 5.74) is 4.64. The van der Waals surface area contributed by atoms with E-state index in [1.54, 1.807) is 13.8 Å². The molecule has 3 unspecified atom stereocenters. The Labute approximate surface area is 194 Å². The van der Waals surface area contributed by atoms with Crippen molar-refractivity contribution in [2.45, 2.75) is 43.6 Å². The summed E-state index contributed by atoms with van der Waals surface area (Å²) >= 11 is 0. The van der Waals surface area contributed by atoms with Gasteiger partial charge in [-0.2, -0.15) is 8.78 Å². The molecule has 2 aliphatic heterocycles. The molecule has 0 spiro atoms. The molecule has 0 fully saturated rings. The summed E-state index contributed by atoms with van der Waals surface area (Å²) in [4.78, 5) is 25.0. The summed E-state index contributed by atoms with van der Waals surface area (Å²) in [6.45, 7) is 0.756. The molecule has 2 aromatic heterocycles. The molecule has 0 saturated heterocycles. The molecule has 0 bridgehead atoms. The predicted octanol–water partition coefficient (Wildman–Crippen LogP) is 3.08. The Morgan fingerprint density at radius 3 is 2.71 bits per heavy atom. The van der Waals surface area contributed by atoms with Crippen molar-refractivity contribution in [3.05, 3.63) is 47.7 Å². The van der Waals surface area contributed by atoms with E-state index in [9.17, 15) is 22.2 Å². The van der Waals surface area contributed by atoms with Gasteiger partial charge in [0.2, 0.25) is 0 Å². The average Bonchev–Trinajstić information content (AvgIpc) is 2.76. The number of nitrogens with zero attached hydrogens (tertiary/aromatic N) is 4. The SMILES string of the molecule is CC1(c2nc(NC(=O)c3ccc(OC(F)F)cn3)ccc2F)CS2(=O)=NCCCC2(C)C(N)=N1. The van der Waals surface area contributed by atoms with Gasteiger partial charge in [0, 0.05) is 6.54 Å². The number of fused-ring (bicyclic) bond motifs is 1. The Bertz CT molecular complexity index is 1280. The molecule has 4 heterocycles. The van der Waals surface area contributed by atoms with Crippen LogP contribution in [0.3, 0.4) is 0 Å². The molecule has 34 heavy (non-hydrogen) atoms. The molecule has 0 aromatic carbocycles. The maximum absolute atomic E-state index is 14.9. The molecule has 4 rings (SSSR count). The standard InChI is InChI=1S/C21H23F3N6O3S/c1-20(11-34(32)21(2,18(25)30-20)8-3-9-27-34)16-13(22)5-7-15(28-16)29-17(31)14-6-4-12(10-26-14)33-19(23)24/h4-7,10,19H,3,8-9,11H2,1-2H3,(H2,25,30)(H,28,29,31). The van der Waals surface area contributed by atoms with E-state index in [1.165, 1.54) is 18.2 Å². The number of pyridine rings is 2. The zero-order valence-corrected chi connectivity index (χ0v) is 19.2. The molecule has 13 heteroatoms. The van der Waals surface area contributed by atoms with Crippen LogP contribution in [0.1, 0.15) is 42.9 Å². The van der Waals surface area contributed by atoms with Crippen molar-refractivity contribution < 1.29 is 26.9 Å². The molecule has 2 aromatic rings. The lowest BCUT2D eigenvalue weighted by Crippen LogP contribution is -2.57. The number of nitrogens with one attached hydrogen (secondary N) is 1. The smallest absolute Gasteiger partial charge is 0.387 e. The minimum Gasteiger partial charge on any atom is -0.433 e. The van der Waals surface area contributed by atoms with Gasteiger partial charge < -0.3 is 15.8 Å². The minimum atomic E-state index is -3.02. The summed E-state index contributed by atoms with van der Waals surface area (Å²) in [7, 11) is -2.85. The van der Waals surface area contributed by atoms with Crippen molar-refractivity contribution in [1.82, 2.24) is 9.97 Å². The highest BCUT2D eigenvalue weighted by Crippen LogP contribution is 2.42. The fourth-order valence-corrected chi connectivity index (χ4v) is 7.02. The van der Waals surface area contributed by atoms with E-state index >= 15 is 0 Å². The zero-order chi connectivity index (χ0) is 24.7. The molecule has 3 N–H and O–H groups in total. The van der Waals surface area contributed by atoms with E-state index in [-0.39, 0.29) is 34.5 Å². The monoisotopic (exact) mass is 496 g/mol. The van der Waals surface area contributed by atoms with Crippen molar-refractivity contribution in [3.8, 4) is 5.75 Å². The van der Waals surface area contributed by atoms with Crippen molar-refractivity contribution in [2.24, 2.45) is 15.1 Å². The number of alkyl halides is 2. The number of amides is 1. The number of carbonyl (C=O) groups is 1. The van der Waals surface area contributed by atoms with Gasteiger partial charge in [0.15, 0.2) is 0 Å². The number of anilines is 1. The third-order valence-electron chi connectivity index (χ3n) is 5.99. The molecule has 2 aliphatic rings. The van der Waals surface area contributed by atoms with E-state index < -0.39 is 38.4 Å². The number of nitrogens with two attached hydrogens (primary N) is 1. The van der Waals surface area contributed by atoms with Crippen LogP contribution in [0.15, 0.2) is 39.8 Å². The molecule has 1 amide bonds. The van der Waals surface area contributed by atoms with Crippen LogP contribution >= 0.6 is 0 Å². The molecule has 3 atom stereocenters. The van der Waals surface area contributed by atoms with Crippen LogP contribution in [-0.2, 0) is 15.3 Å². The first-order valence-electron chi connectivity index (χ1n) is 10.4. The second kappa shape index (κ2) is 8.53. The predicted molar refractivity (Wildman–Crippen MR) is 120 cm³/mol. The van der Waals surface area contributed by atoms with Crippen LogP contribution in [0, 0.1) is 5.82 Å². The molecule has 9 nitrogen and oxygen atoms in total. The Hall–Kier alpha value is -3.22. The number of rotatable bonds is 5. The van der Waals surface area contributed by atoms with Gasteiger partial charge in [-0.05, 0) is 51.0 Å². The largest absolute Gasteiger partial charge is 0.433 e. The first-order chi connectivity index (χ1) is 16.0. The molecule has 0 aliphatic carbocycles. The molecule has 0 saturated carbocycles. The summed E-state index contributed by atoms with van der Waals surface area (Å²) in [5, 5.41) is 2.48. The Balaban J connectivity index is 1.63. The number of amidine groups is 1. The Morgan fingerprint density at radius 2 is 2.03 bits per heavy atom. The second-order valence-corrected chi connectivity index (χ2v) is 11.2.